The van der Waals surface area contributed by atoms with Crippen LogP contribution >= 0.6 is 12.2 Å². The van der Waals surface area contributed by atoms with Crippen molar-refractivity contribution in [3.8, 4) is 17.2 Å². The number of para-hydroxylation sites is 3. The lowest BCUT2D eigenvalue weighted by Gasteiger charge is -2.37. The van der Waals surface area contributed by atoms with Gasteiger partial charge in [0, 0.05) is 31.7 Å². The quantitative estimate of drug-likeness (QED) is 0.606. The van der Waals surface area contributed by atoms with Gasteiger partial charge in [0.15, 0.2) is 5.11 Å². The molecule has 7 heteroatoms. The van der Waals surface area contributed by atoms with Gasteiger partial charge in [0.05, 0.1) is 5.69 Å². The van der Waals surface area contributed by atoms with E-state index in [0.29, 0.717) is 42.6 Å². The molecule has 158 valence electrons. The van der Waals surface area contributed by atoms with Crippen molar-refractivity contribution in [2.24, 2.45) is 0 Å². The number of nitrogens with one attached hydrogen (secondary N) is 1. The summed E-state index contributed by atoms with van der Waals surface area (Å²) in [5.41, 5.74) is 1.32. The molecule has 1 fully saturated rings. The van der Waals surface area contributed by atoms with Crippen LogP contribution < -0.4 is 15.0 Å². The van der Waals surface area contributed by atoms with Gasteiger partial charge in [0.25, 0.3) is 5.91 Å². The van der Waals surface area contributed by atoms with Gasteiger partial charge in [0.1, 0.15) is 17.2 Å². The molecule has 3 aromatic rings. The summed E-state index contributed by atoms with van der Waals surface area (Å²) in [6, 6.07) is 23.7. The zero-order valence-corrected chi connectivity index (χ0v) is 17.7. The molecular formula is C24H23N3O3S. The number of phenols is 1. The van der Waals surface area contributed by atoms with Crippen LogP contribution in [0.15, 0.2) is 78.9 Å². The largest absolute Gasteiger partial charge is 0.506 e. The summed E-state index contributed by atoms with van der Waals surface area (Å²) < 4.78 is 5.76. The molecule has 0 bridgehead atoms. The summed E-state index contributed by atoms with van der Waals surface area (Å²) in [6.45, 7) is 2.74. The Morgan fingerprint density at radius 3 is 2.13 bits per heavy atom. The zero-order chi connectivity index (χ0) is 21.6. The first kappa shape index (κ1) is 20.7. The van der Waals surface area contributed by atoms with Gasteiger partial charge in [0.2, 0.25) is 0 Å². The second-order valence-electron chi connectivity index (χ2n) is 7.16. The normalized spacial score (nSPS) is 13.5. The third-order valence-corrected chi connectivity index (χ3v) is 5.47. The van der Waals surface area contributed by atoms with E-state index in [-0.39, 0.29) is 11.7 Å². The van der Waals surface area contributed by atoms with Gasteiger partial charge in [-0.15, -0.1) is 0 Å². The molecule has 0 aromatic heterocycles. The molecule has 2 N–H and O–H groups in total. The first-order valence-corrected chi connectivity index (χ1v) is 10.5. The monoisotopic (exact) mass is 433 g/mol. The molecule has 4 rings (SSSR count). The highest BCUT2D eigenvalue weighted by Crippen LogP contribution is 2.27. The third kappa shape index (κ3) is 5.13. The lowest BCUT2D eigenvalue weighted by Crippen LogP contribution is -2.52. The molecule has 6 nitrogen and oxygen atoms in total. The fourth-order valence-corrected chi connectivity index (χ4v) is 3.70. The topological polar surface area (TPSA) is 65.0 Å². The van der Waals surface area contributed by atoms with E-state index in [1.165, 1.54) is 0 Å². The summed E-state index contributed by atoms with van der Waals surface area (Å²) in [5, 5.41) is 13.3. The van der Waals surface area contributed by atoms with E-state index in [4.69, 9.17) is 17.0 Å². The molecule has 1 aliphatic heterocycles. The molecule has 31 heavy (non-hydrogen) atoms. The molecule has 3 aromatic carbocycles. The minimum Gasteiger partial charge on any atom is -0.506 e. The first-order chi connectivity index (χ1) is 15.1. The second-order valence-corrected chi connectivity index (χ2v) is 7.55. The number of nitrogens with zero attached hydrogens (tertiary/aromatic N) is 2. The molecule has 0 aliphatic carbocycles. The molecule has 0 atom stereocenters. The van der Waals surface area contributed by atoms with Crippen LogP contribution in [0.4, 0.5) is 5.69 Å². The van der Waals surface area contributed by atoms with Crippen LogP contribution in [0.1, 0.15) is 10.4 Å². The second kappa shape index (κ2) is 9.49. The third-order valence-electron chi connectivity index (χ3n) is 5.11. The Balaban J connectivity index is 1.30. The Hall–Kier alpha value is -3.58. The number of hydrogen-bond acceptors (Lipinski definition) is 5. The summed E-state index contributed by atoms with van der Waals surface area (Å²) in [4.78, 5) is 16.7. The van der Waals surface area contributed by atoms with E-state index in [1.807, 2.05) is 47.4 Å². The van der Waals surface area contributed by atoms with Gasteiger partial charge < -0.3 is 19.6 Å². The molecule has 0 radical (unpaired) electrons. The van der Waals surface area contributed by atoms with Crippen molar-refractivity contribution in [2.45, 2.75) is 0 Å². The van der Waals surface area contributed by atoms with Crippen LogP contribution in [0.2, 0.25) is 0 Å². The van der Waals surface area contributed by atoms with Gasteiger partial charge in [-0.2, -0.15) is 0 Å². The van der Waals surface area contributed by atoms with Gasteiger partial charge in [-0.1, -0.05) is 30.3 Å². The number of carbonyl (C=O) groups is 1. The Morgan fingerprint density at radius 2 is 1.45 bits per heavy atom. The molecule has 1 aliphatic rings. The van der Waals surface area contributed by atoms with Gasteiger partial charge >= 0.3 is 0 Å². The summed E-state index contributed by atoms with van der Waals surface area (Å²) in [6.07, 6.45) is 0. The summed E-state index contributed by atoms with van der Waals surface area (Å²) >= 11 is 5.45. The highest BCUT2D eigenvalue weighted by molar-refractivity contribution is 7.80. The number of rotatable bonds is 4. The maximum absolute atomic E-state index is 12.6. The predicted molar refractivity (Wildman–Crippen MR) is 125 cm³/mol. The number of piperazine rings is 1. The minimum absolute atomic E-state index is 0.251. The van der Waals surface area contributed by atoms with Crippen LogP contribution in [0, 0.1) is 0 Å². The zero-order valence-electron chi connectivity index (χ0n) is 16.9. The number of phenolic OH excluding ortho intramolecular Hbond substituents is 1. The molecule has 0 unspecified atom stereocenters. The Bertz CT molecular complexity index is 1050. The van der Waals surface area contributed by atoms with E-state index < -0.39 is 0 Å². The summed E-state index contributed by atoms with van der Waals surface area (Å²) in [7, 11) is 0. The predicted octanol–water partition coefficient (Wildman–Crippen LogP) is 4.02. The first-order valence-electron chi connectivity index (χ1n) is 10.1. The van der Waals surface area contributed by atoms with Crippen LogP contribution in [0.25, 0.3) is 0 Å². The SMILES string of the molecule is O=C(NC(=S)N1CCN(c2ccccc2O)CC1)c1ccc(Oc2ccccc2)cc1. The molecule has 1 heterocycles. The van der Waals surface area contributed by atoms with Crippen molar-refractivity contribution < 1.29 is 14.6 Å². The van der Waals surface area contributed by atoms with E-state index in [1.54, 1.807) is 36.4 Å². The molecular weight excluding hydrogens is 410 g/mol. The van der Waals surface area contributed by atoms with E-state index in [2.05, 4.69) is 10.2 Å². The number of anilines is 1. The van der Waals surface area contributed by atoms with Crippen molar-refractivity contribution in [3.63, 3.8) is 0 Å². The fraction of sp³-hybridized carbons (Fsp3) is 0.167. The van der Waals surface area contributed by atoms with Crippen molar-refractivity contribution in [1.82, 2.24) is 10.2 Å². The Kier molecular flexibility index (Phi) is 6.33. The average molecular weight is 434 g/mol. The van der Waals surface area contributed by atoms with E-state index in [0.717, 1.165) is 11.4 Å². The Morgan fingerprint density at radius 1 is 0.839 bits per heavy atom. The van der Waals surface area contributed by atoms with Crippen LogP contribution in [-0.4, -0.2) is 47.2 Å². The number of benzene rings is 3. The van der Waals surface area contributed by atoms with Crippen molar-refractivity contribution in [2.75, 3.05) is 31.1 Å². The van der Waals surface area contributed by atoms with Gasteiger partial charge in [-0.05, 0) is 60.7 Å². The lowest BCUT2D eigenvalue weighted by atomic mass is 10.2. The highest BCUT2D eigenvalue weighted by Gasteiger charge is 2.22. The minimum atomic E-state index is -0.251. The van der Waals surface area contributed by atoms with Crippen molar-refractivity contribution in [1.29, 1.82) is 0 Å². The van der Waals surface area contributed by atoms with E-state index >= 15 is 0 Å². The Labute approximate surface area is 186 Å². The summed E-state index contributed by atoms with van der Waals surface area (Å²) in [5.74, 6) is 1.42. The van der Waals surface area contributed by atoms with Crippen molar-refractivity contribution in [3.05, 3.63) is 84.4 Å². The number of aromatic hydroxyl groups is 1. The number of amides is 1. The van der Waals surface area contributed by atoms with Crippen molar-refractivity contribution >= 4 is 28.9 Å². The highest BCUT2D eigenvalue weighted by atomic mass is 32.1. The fourth-order valence-electron chi connectivity index (χ4n) is 3.43. The molecule has 1 amide bonds. The van der Waals surface area contributed by atoms with Gasteiger partial charge in [-0.3, -0.25) is 10.1 Å². The molecule has 0 spiro atoms. The molecule has 0 saturated carbocycles. The van der Waals surface area contributed by atoms with Crippen LogP contribution in [-0.2, 0) is 0 Å². The smallest absolute Gasteiger partial charge is 0.257 e. The van der Waals surface area contributed by atoms with E-state index in [9.17, 15) is 9.90 Å². The van der Waals surface area contributed by atoms with Crippen LogP contribution in [0.3, 0.4) is 0 Å². The van der Waals surface area contributed by atoms with Crippen LogP contribution in [0.5, 0.6) is 17.2 Å². The molecule has 1 saturated heterocycles. The van der Waals surface area contributed by atoms with Gasteiger partial charge in [-0.25, -0.2) is 0 Å². The lowest BCUT2D eigenvalue weighted by molar-refractivity contribution is 0.0973. The average Bonchev–Trinajstić information content (AvgIpc) is 2.80. The number of hydrogen-bond donors (Lipinski definition) is 2. The maximum atomic E-state index is 12.6. The number of thiocarbonyl (C=S) groups is 1. The number of ether oxygens (including phenoxy) is 1. The number of carbonyl (C=O) groups excluding carboxylic acids is 1. The maximum Gasteiger partial charge on any atom is 0.257 e. The standard InChI is InChI=1S/C24H23N3O3S/c28-22-9-5-4-8-21(22)26-14-16-27(17-15-26)24(31)25-23(29)18-10-12-20(13-11-18)30-19-6-2-1-3-7-19/h1-13,28H,14-17H2,(H,25,29,31).